The molecule has 32 heavy (non-hydrogen) atoms. The van der Waals surface area contributed by atoms with E-state index in [-0.39, 0.29) is 5.56 Å². The standard InChI is InChI=1S/C23H25N5O4/c1-30-18-11-15(12-19(31-2)20(18)32-3)27-10-9-17-16(22(27)29)13-24-23-25-21(26-28(17)23)14-7-5-4-6-8-14/h9-14H,4-8H2,1-3H3. The van der Waals surface area contributed by atoms with Crippen molar-refractivity contribution in [2.75, 3.05) is 21.3 Å². The molecule has 3 aromatic heterocycles. The molecule has 5 rings (SSSR count). The van der Waals surface area contributed by atoms with E-state index in [2.05, 4.69) is 9.97 Å². The molecule has 3 heterocycles. The second-order valence-electron chi connectivity index (χ2n) is 7.95. The van der Waals surface area contributed by atoms with E-state index in [1.807, 2.05) is 6.07 Å². The van der Waals surface area contributed by atoms with Gasteiger partial charge < -0.3 is 14.2 Å². The predicted octanol–water partition coefficient (Wildman–Crippen LogP) is 3.50. The zero-order chi connectivity index (χ0) is 22.2. The van der Waals surface area contributed by atoms with Gasteiger partial charge in [-0.3, -0.25) is 9.36 Å². The molecule has 166 valence electrons. The number of hydrogen-bond donors (Lipinski definition) is 0. The molecule has 0 unspecified atom stereocenters. The maximum Gasteiger partial charge on any atom is 0.266 e. The first-order valence-electron chi connectivity index (χ1n) is 10.7. The molecule has 0 radical (unpaired) electrons. The van der Waals surface area contributed by atoms with Crippen LogP contribution in [0, 0.1) is 0 Å². The quantitative estimate of drug-likeness (QED) is 0.474. The first-order chi connectivity index (χ1) is 15.6. The Kier molecular flexibility index (Phi) is 5.16. The van der Waals surface area contributed by atoms with E-state index in [1.165, 1.54) is 23.8 Å². The summed E-state index contributed by atoms with van der Waals surface area (Å²) in [6, 6.07) is 5.32. The van der Waals surface area contributed by atoms with Crippen molar-refractivity contribution in [3.63, 3.8) is 0 Å². The number of benzene rings is 1. The number of ether oxygens (including phenoxy) is 3. The lowest BCUT2D eigenvalue weighted by molar-refractivity contribution is 0.324. The van der Waals surface area contributed by atoms with E-state index >= 15 is 0 Å². The highest BCUT2D eigenvalue weighted by Gasteiger charge is 2.22. The summed E-state index contributed by atoms with van der Waals surface area (Å²) in [6.07, 6.45) is 9.16. The zero-order valence-corrected chi connectivity index (χ0v) is 18.4. The lowest BCUT2D eigenvalue weighted by Gasteiger charge is -2.17. The Morgan fingerprint density at radius 1 is 1.00 bits per heavy atom. The summed E-state index contributed by atoms with van der Waals surface area (Å²) >= 11 is 0. The van der Waals surface area contributed by atoms with Crippen molar-refractivity contribution in [3.05, 3.63) is 46.8 Å². The van der Waals surface area contributed by atoms with Crippen LogP contribution in [0.3, 0.4) is 0 Å². The first kappa shape index (κ1) is 20.3. The van der Waals surface area contributed by atoms with Crippen molar-refractivity contribution >= 4 is 16.7 Å². The van der Waals surface area contributed by atoms with Crippen LogP contribution in [0.4, 0.5) is 0 Å². The number of nitrogens with zero attached hydrogens (tertiary/aromatic N) is 5. The Bertz CT molecular complexity index is 1330. The zero-order valence-electron chi connectivity index (χ0n) is 18.4. The van der Waals surface area contributed by atoms with Gasteiger partial charge in [-0.25, -0.2) is 4.98 Å². The Morgan fingerprint density at radius 3 is 2.38 bits per heavy atom. The monoisotopic (exact) mass is 435 g/mol. The summed E-state index contributed by atoms with van der Waals surface area (Å²) in [5.74, 6) is 3.10. The Balaban J connectivity index is 1.64. The second-order valence-corrected chi connectivity index (χ2v) is 7.95. The largest absolute Gasteiger partial charge is 0.493 e. The van der Waals surface area contributed by atoms with Crippen molar-refractivity contribution in [3.8, 4) is 22.9 Å². The van der Waals surface area contributed by atoms with Gasteiger partial charge in [0.2, 0.25) is 5.75 Å². The summed E-state index contributed by atoms with van der Waals surface area (Å²) in [5, 5.41) is 5.18. The fourth-order valence-electron chi connectivity index (χ4n) is 4.48. The molecule has 1 fully saturated rings. The van der Waals surface area contributed by atoms with Gasteiger partial charge in [-0.2, -0.15) is 9.50 Å². The van der Waals surface area contributed by atoms with Crippen LogP contribution in [0.1, 0.15) is 43.8 Å². The summed E-state index contributed by atoms with van der Waals surface area (Å²) in [7, 11) is 4.62. The smallest absolute Gasteiger partial charge is 0.266 e. The van der Waals surface area contributed by atoms with Gasteiger partial charge in [-0.1, -0.05) is 19.3 Å². The molecule has 9 nitrogen and oxygen atoms in total. The van der Waals surface area contributed by atoms with Gasteiger partial charge in [0.25, 0.3) is 11.3 Å². The number of pyridine rings is 1. The number of methoxy groups -OCH3 is 3. The molecule has 9 heteroatoms. The highest BCUT2D eigenvalue weighted by molar-refractivity contribution is 5.79. The molecule has 1 saturated carbocycles. The lowest BCUT2D eigenvalue weighted by atomic mass is 9.89. The number of hydrogen-bond acceptors (Lipinski definition) is 7. The highest BCUT2D eigenvalue weighted by Crippen LogP contribution is 2.39. The van der Waals surface area contributed by atoms with Crippen LogP contribution < -0.4 is 19.8 Å². The number of aromatic nitrogens is 5. The lowest BCUT2D eigenvalue weighted by Crippen LogP contribution is -2.19. The van der Waals surface area contributed by atoms with Gasteiger partial charge in [0.15, 0.2) is 17.3 Å². The van der Waals surface area contributed by atoms with Crippen LogP contribution in [0.25, 0.3) is 22.4 Å². The summed E-state index contributed by atoms with van der Waals surface area (Å²) in [6.45, 7) is 0. The molecule has 0 bridgehead atoms. The van der Waals surface area contributed by atoms with E-state index in [0.29, 0.717) is 45.5 Å². The SMILES string of the molecule is COc1cc(-n2ccc3c(cnc4nc(C5CCCCC5)nn43)c2=O)cc(OC)c1OC. The van der Waals surface area contributed by atoms with Gasteiger partial charge >= 0.3 is 0 Å². The fourth-order valence-corrected chi connectivity index (χ4v) is 4.48. The van der Waals surface area contributed by atoms with E-state index in [4.69, 9.17) is 19.3 Å². The molecular formula is C23H25N5O4. The van der Waals surface area contributed by atoms with E-state index < -0.39 is 0 Å². The Labute approximate surface area is 184 Å². The molecule has 1 aromatic carbocycles. The molecule has 0 saturated heterocycles. The molecule has 0 atom stereocenters. The molecule has 4 aromatic rings. The minimum Gasteiger partial charge on any atom is -0.493 e. The second kappa shape index (κ2) is 8.14. The highest BCUT2D eigenvalue weighted by atomic mass is 16.5. The molecule has 0 aliphatic heterocycles. The average molecular weight is 435 g/mol. The third-order valence-electron chi connectivity index (χ3n) is 6.15. The van der Waals surface area contributed by atoms with Crippen LogP contribution in [0.2, 0.25) is 0 Å². The third kappa shape index (κ3) is 3.24. The van der Waals surface area contributed by atoms with Crippen molar-refractivity contribution in [2.24, 2.45) is 0 Å². The van der Waals surface area contributed by atoms with Crippen LogP contribution in [0.15, 0.2) is 35.4 Å². The predicted molar refractivity (Wildman–Crippen MR) is 119 cm³/mol. The Hall–Kier alpha value is -3.62. The minimum absolute atomic E-state index is 0.221. The molecule has 1 aliphatic rings. The van der Waals surface area contributed by atoms with Crippen LogP contribution in [0.5, 0.6) is 17.2 Å². The summed E-state index contributed by atoms with van der Waals surface area (Å²) in [5.41, 5.74) is 1.05. The fraction of sp³-hybridized carbons (Fsp3) is 0.391. The van der Waals surface area contributed by atoms with Crippen molar-refractivity contribution in [1.82, 2.24) is 24.1 Å². The van der Waals surface area contributed by atoms with Crippen molar-refractivity contribution < 1.29 is 14.2 Å². The third-order valence-corrected chi connectivity index (χ3v) is 6.15. The van der Waals surface area contributed by atoms with Gasteiger partial charge in [0.1, 0.15) is 0 Å². The summed E-state index contributed by atoms with van der Waals surface area (Å²) in [4.78, 5) is 22.5. The minimum atomic E-state index is -0.221. The van der Waals surface area contributed by atoms with Crippen LogP contribution in [-0.2, 0) is 0 Å². The van der Waals surface area contributed by atoms with Crippen LogP contribution >= 0.6 is 0 Å². The van der Waals surface area contributed by atoms with E-state index in [1.54, 1.807) is 50.4 Å². The normalized spacial score (nSPS) is 14.7. The molecule has 1 aliphatic carbocycles. The number of fused-ring (bicyclic) bond motifs is 3. The van der Waals surface area contributed by atoms with E-state index in [9.17, 15) is 4.79 Å². The van der Waals surface area contributed by atoms with Crippen molar-refractivity contribution in [2.45, 2.75) is 38.0 Å². The van der Waals surface area contributed by atoms with Gasteiger partial charge in [0.05, 0.1) is 37.9 Å². The molecular weight excluding hydrogens is 410 g/mol. The van der Waals surface area contributed by atoms with Crippen LogP contribution in [-0.4, -0.2) is 45.5 Å². The molecule has 0 spiro atoms. The molecule has 0 N–H and O–H groups in total. The maximum atomic E-state index is 13.4. The maximum absolute atomic E-state index is 13.4. The molecule has 0 amide bonds. The van der Waals surface area contributed by atoms with Gasteiger partial charge in [0, 0.05) is 30.4 Å². The van der Waals surface area contributed by atoms with Gasteiger partial charge in [-0.15, -0.1) is 5.10 Å². The van der Waals surface area contributed by atoms with Gasteiger partial charge in [-0.05, 0) is 18.9 Å². The van der Waals surface area contributed by atoms with E-state index in [0.717, 1.165) is 18.7 Å². The Morgan fingerprint density at radius 2 is 1.72 bits per heavy atom. The van der Waals surface area contributed by atoms with Crippen molar-refractivity contribution in [1.29, 1.82) is 0 Å². The first-order valence-corrected chi connectivity index (χ1v) is 10.7. The summed E-state index contributed by atoms with van der Waals surface area (Å²) < 4.78 is 19.5. The topological polar surface area (TPSA) is 92.8 Å². The average Bonchev–Trinajstić information content (AvgIpc) is 3.29. The number of rotatable bonds is 5.